The minimum atomic E-state index is -2.82. The molecule has 0 amide bonds. The molecule has 0 bridgehead atoms. The predicted octanol–water partition coefficient (Wildman–Crippen LogP) is 4.92. The number of carbonyl (C=O) groups is 1. The van der Waals surface area contributed by atoms with Gasteiger partial charge in [0.15, 0.2) is 5.69 Å². The van der Waals surface area contributed by atoms with Crippen molar-refractivity contribution >= 4 is 34.2 Å². The standard InChI is InChI=1S/C23H20ClF3N4O3/c1-11(28-15-2-3-16(24)29-18(15)20(33)34)13-8-12(25)9-14-17(13)30-21-22(4-5-23(26,27)10-22)6-7-31(21)19(14)32/h2-3,8-9,11,28H,4-7,10H2,1H3,(H,33,34)/t11-,22-/m1/s1. The summed E-state index contributed by atoms with van der Waals surface area (Å²) in [6.45, 7) is 1.91. The smallest absolute Gasteiger partial charge is 0.356 e. The lowest BCUT2D eigenvalue weighted by Crippen LogP contribution is -2.28. The van der Waals surface area contributed by atoms with E-state index in [4.69, 9.17) is 11.6 Å². The molecule has 1 fully saturated rings. The van der Waals surface area contributed by atoms with E-state index in [0.29, 0.717) is 17.8 Å². The molecule has 11 heteroatoms. The van der Waals surface area contributed by atoms with Crippen LogP contribution in [0, 0.1) is 5.82 Å². The molecule has 1 saturated carbocycles. The van der Waals surface area contributed by atoms with Crippen molar-refractivity contribution in [2.75, 3.05) is 5.32 Å². The molecule has 7 nitrogen and oxygen atoms in total. The van der Waals surface area contributed by atoms with E-state index in [0.717, 1.165) is 6.07 Å². The van der Waals surface area contributed by atoms with Gasteiger partial charge in [0.05, 0.1) is 22.6 Å². The molecule has 0 radical (unpaired) electrons. The van der Waals surface area contributed by atoms with Crippen LogP contribution < -0.4 is 10.9 Å². The topological polar surface area (TPSA) is 97.1 Å². The van der Waals surface area contributed by atoms with Crippen LogP contribution >= 0.6 is 11.6 Å². The second-order valence-corrected chi connectivity index (χ2v) is 9.44. The van der Waals surface area contributed by atoms with Crippen molar-refractivity contribution in [1.29, 1.82) is 0 Å². The Morgan fingerprint density at radius 1 is 1.24 bits per heavy atom. The van der Waals surface area contributed by atoms with Crippen molar-refractivity contribution in [3.05, 3.63) is 62.7 Å². The number of carboxylic acids is 1. The summed E-state index contributed by atoms with van der Waals surface area (Å²) >= 11 is 5.81. The highest BCUT2D eigenvalue weighted by Crippen LogP contribution is 2.52. The molecule has 1 spiro atoms. The maximum Gasteiger partial charge on any atom is 0.356 e. The Balaban J connectivity index is 1.64. The molecular weight excluding hydrogens is 473 g/mol. The highest BCUT2D eigenvalue weighted by molar-refractivity contribution is 6.29. The fourth-order valence-electron chi connectivity index (χ4n) is 5.22. The molecule has 2 atom stereocenters. The van der Waals surface area contributed by atoms with Gasteiger partial charge in [-0.25, -0.2) is 27.9 Å². The summed E-state index contributed by atoms with van der Waals surface area (Å²) in [5.74, 6) is -4.48. The molecule has 178 valence electrons. The van der Waals surface area contributed by atoms with Crippen LogP contribution in [0.3, 0.4) is 0 Å². The fourth-order valence-corrected chi connectivity index (χ4v) is 5.37. The molecular formula is C23H20ClF3N4O3. The van der Waals surface area contributed by atoms with Crippen molar-refractivity contribution in [3.63, 3.8) is 0 Å². The number of hydrogen-bond donors (Lipinski definition) is 2. The number of aromatic carboxylic acids is 1. The van der Waals surface area contributed by atoms with E-state index in [9.17, 15) is 27.9 Å². The van der Waals surface area contributed by atoms with Gasteiger partial charge < -0.3 is 10.4 Å². The number of alkyl halides is 2. The lowest BCUT2D eigenvalue weighted by Gasteiger charge is -2.24. The number of anilines is 1. The first-order valence-corrected chi connectivity index (χ1v) is 11.2. The van der Waals surface area contributed by atoms with Gasteiger partial charge in [-0.3, -0.25) is 9.36 Å². The summed E-state index contributed by atoms with van der Waals surface area (Å²) in [5, 5.41) is 12.5. The number of nitrogens with zero attached hydrogens (tertiary/aromatic N) is 3. The summed E-state index contributed by atoms with van der Waals surface area (Å²) in [6, 6.07) is 4.45. The monoisotopic (exact) mass is 492 g/mol. The van der Waals surface area contributed by atoms with Crippen molar-refractivity contribution < 1.29 is 23.1 Å². The van der Waals surface area contributed by atoms with Gasteiger partial charge in [0.1, 0.15) is 16.8 Å². The molecule has 0 saturated heterocycles. The van der Waals surface area contributed by atoms with Crippen LogP contribution in [0.5, 0.6) is 0 Å². The number of fused-ring (bicyclic) bond motifs is 3. The lowest BCUT2D eigenvalue weighted by molar-refractivity contribution is 0.00241. The maximum absolute atomic E-state index is 14.6. The Morgan fingerprint density at radius 2 is 2.00 bits per heavy atom. The maximum atomic E-state index is 14.6. The van der Waals surface area contributed by atoms with Gasteiger partial charge in [0, 0.05) is 30.4 Å². The largest absolute Gasteiger partial charge is 0.476 e. The Kier molecular flexibility index (Phi) is 5.12. The van der Waals surface area contributed by atoms with Crippen LogP contribution in [0.15, 0.2) is 29.1 Å². The van der Waals surface area contributed by atoms with E-state index in [1.54, 1.807) is 6.92 Å². The number of nitrogens with one attached hydrogen (secondary N) is 1. The molecule has 34 heavy (non-hydrogen) atoms. The van der Waals surface area contributed by atoms with Gasteiger partial charge in [-0.15, -0.1) is 0 Å². The van der Waals surface area contributed by atoms with E-state index in [1.807, 2.05) is 0 Å². The van der Waals surface area contributed by atoms with Gasteiger partial charge in [0.25, 0.3) is 5.56 Å². The number of pyridine rings is 1. The highest BCUT2D eigenvalue weighted by Gasteiger charge is 2.54. The number of hydrogen-bond acceptors (Lipinski definition) is 5. The lowest BCUT2D eigenvalue weighted by atomic mass is 9.84. The molecule has 2 N–H and O–H groups in total. The summed E-state index contributed by atoms with van der Waals surface area (Å²) in [6.07, 6.45) is -0.0384. The molecule has 2 aliphatic rings. The zero-order valence-corrected chi connectivity index (χ0v) is 18.8. The van der Waals surface area contributed by atoms with Crippen molar-refractivity contribution in [2.24, 2.45) is 0 Å². The van der Waals surface area contributed by atoms with E-state index >= 15 is 0 Å². The number of benzene rings is 1. The SMILES string of the molecule is C[C@@H](Nc1ccc(Cl)nc1C(=O)O)c1cc(F)cc2c(=O)n3c(nc12)[C@@]1(CC3)CCC(F)(F)C1. The van der Waals surface area contributed by atoms with Crippen molar-refractivity contribution in [3.8, 4) is 0 Å². The summed E-state index contributed by atoms with van der Waals surface area (Å²) in [7, 11) is 0. The van der Waals surface area contributed by atoms with Crippen molar-refractivity contribution in [1.82, 2.24) is 14.5 Å². The molecule has 1 aliphatic carbocycles. The second kappa shape index (κ2) is 7.69. The van der Waals surface area contributed by atoms with E-state index in [1.165, 1.54) is 22.8 Å². The Morgan fingerprint density at radius 3 is 2.68 bits per heavy atom. The van der Waals surface area contributed by atoms with Gasteiger partial charge in [0.2, 0.25) is 5.92 Å². The van der Waals surface area contributed by atoms with Crippen LogP contribution in [-0.2, 0) is 12.0 Å². The first kappa shape index (κ1) is 22.6. The summed E-state index contributed by atoms with van der Waals surface area (Å²) in [4.78, 5) is 33.3. The van der Waals surface area contributed by atoms with Crippen LogP contribution in [0.4, 0.5) is 18.9 Å². The number of halogens is 4. The van der Waals surface area contributed by atoms with Crippen LogP contribution in [0.25, 0.3) is 10.9 Å². The van der Waals surface area contributed by atoms with Crippen LogP contribution in [0.2, 0.25) is 5.15 Å². The average molecular weight is 493 g/mol. The Labute approximate surface area is 196 Å². The quantitative estimate of drug-likeness (QED) is 0.502. The zero-order valence-electron chi connectivity index (χ0n) is 18.0. The van der Waals surface area contributed by atoms with Crippen LogP contribution in [0.1, 0.15) is 60.5 Å². The molecule has 3 heterocycles. The number of carboxylic acid groups (broad SMARTS) is 1. The predicted molar refractivity (Wildman–Crippen MR) is 119 cm³/mol. The van der Waals surface area contributed by atoms with Crippen LogP contribution in [-0.4, -0.2) is 31.5 Å². The minimum Gasteiger partial charge on any atom is -0.476 e. The molecule has 1 aromatic carbocycles. The van der Waals surface area contributed by atoms with Gasteiger partial charge in [-0.2, -0.15) is 0 Å². The van der Waals surface area contributed by atoms with Gasteiger partial charge in [-0.05, 0) is 44.0 Å². The Bertz CT molecular complexity index is 1410. The summed E-state index contributed by atoms with van der Waals surface area (Å²) in [5.41, 5.74) is -1.04. The molecule has 5 rings (SSSR count). The van der Waals surface area contributed by atoms with E-state index in [-0.39, 0.29) is 53.2 Å². The number of aromatic nitrogens is 3. The zero-order chi connectivity index (χ0) is 24.4. The van der Waals surface area contributed by atoms with Gasteiger partial charge in [-0.1, -0.05) is 11.6 Å². The third-order valence-corrected chi connectivity index (χ3v) is 7.02. The molecule has 2 aromatic heterocycles. The molecule has 1 aliphatic heterocycles. The van der Waals surface area contributed by atoms with Gasteiger partial charge >= 0.3 is 5.97 Å². The first-order chi connectivity index (χ1) is 16.0. The molecule has 0 unspecified atom stereocenters. The van der Waals surface area contributed by atoms with E-state index in [2.05, 4.69) is 15.3 Å². The normalized spacial score (nSPS) is 21.7. The average Bonchev–Trinajstić information content (AvgIpc) is 3.28. The third-order valence-electron chi connectivity index (χ3n) is 6.81. The Hall–Kier alpha value is -3.14. The summed E-state index contributed by atoms with van der Waals surface area (Å²) < 4.78 is 44.2. The number of rotatable bonds is 4. The van der Waals surface area contributed by atoms with Crippen molar-refractivity contribution in [2.45, 2.75) is 56.5 Å². The first-order valence-electron chi connectivity index (χ1n) is 10.8. The minimum absolute atomic E-state index is 0.00396. The second-order valence-electron chi connectivity index (χ2n) is 9.05. The third kappa shape index (κ3) is 3.60. The van der Waals surface area contributed by atoms with E-state index < -0.39 is 34.7 Å². The fraction of sp³-hybridized carbons (Fsp3) is 0.391. The highest BCUT2D eigenvalue weighted by atomic mass is 35.5. The molecule has 3 aromatic rings.